The minimum absolute atomic E-state index is 0.0605. The maximum atomic E-state index is 12.1. The lowest BCUT2D eigenvalue weighted by Gasteiger charge is -2.21. The van der Waals surface area contributed by atoms with Crippen LogP contribution in [-0.2, 0) is 5.41 Å². The topological polar surface area (TPSA) is 9.23 Å². The Morgan fingerprint density at radius 2 is 1.88 bits per heavy atom. The summed E-state index contributed by atoms with van der Waals surface area (Å²) in [6, 6.07) is 6.36. The second kappa shape index (κ2) is 3.93. The number of ether oxygens (including phenoxy) is 1. The van der Waals surface area contributed by atoms with E-state index < -0.39 is 6.36 Å². The van der Waals surface area contributed by atoms with Gasteiger partial charge in [0.25, 0.3) is 0 Å². The summed E-state index contributed by atoms with van der Waals surface area (Å²) >= 11 is 0. The summed E-state index contributed by atoms with van der Waals surface area (Å²) in [7, 11) is 0. The van der Waals surface area contributed by atoms with Crippen LogP contribution in [0.4, 0.5) is 13.2 Å². The third kappa shape index (κ3) is 2.56. The summed E-state index contributed by atoms with van der Waals surface area (Å²) in [6.45, 7) is 4.20. The van der Waals surface area contributed by atoms with Crippen LogP contribution in [0.5, 0.6) is 5.75 Å². The van der Waals surface area contributed by atoms with Crippen molar-refractivity contribution in [2.75, 3.05) is 0 Å². The maximum absolute atomic E-state index is 12.1. The molecule has 4 heteroatoms. The van der Waals surface area contributed by atoms with Crippen molar-refractivity contribution in [3.8, 4) is 5.75 Å². The van der Waals surface area contributed by atoms with Crippen molar-refractivity contribution in [3.05, 3.63) is 29.8 Å². The van der Waals surface area contributed by atoms with Gasteiger partial charge in [0.2, 0.25) is 0 Å². The van der Waals surface area contributed by atoms with E-state index in [4.69, 9.17) is 0 Å². The predicted octanol–water partition coefficient (Wildman–Crippen LogP) is 4.27. The Labute approximate surface area is 98.6 Å². The number of halogens is 3. The number of benzene rings is 1. The molecule has 1 aliphatic rings. The molecule has 0 radical (unpaired) electrons. The lowest BCUT2D eigenvalue weighted by Crippen LogP contribution is -2.18. The molecule has 0 atom stereocenters. The van der Waals surface area contributed by atoms with Crippen molar-refractivity contribution in [2.45, 2.75) is 38.5 Å². The predicted molar refractivity (Wildman–Crippen MR) is 58.9 cm³/mol. The minimum Gasteiger partial charge on any atom is -0.406 e. The Hall–Kier alpha value is -1.19. The average molecular weight is 244 g/mol. The molecule has 0 saturated heterocycles. The molecule has 0 heterocycles. The molecule has 0 unspecified atom stereocenters. The first-order valence-electron chi connectivity index (χ1n) is 5.70. The van der Waals surface area contributed by atoms with Crippen LogP contribution in [0.2, 0.25) is 0 Å². The van der Waals surface area contributed by atoms with Gasteiger partial charge in [-0.3, -0.25) is 0 Å². The Kier molecular flexibility index (Phi) is 2.84. The summed E-state index contributed by atoms with van der Waals surface area (Å²) in [5, 5.41) is 0. The molecule has 2 rings (SSSR count). The SMILES string of the molecule is CC(C)C1(c2cccc(OC(F)(F)F)c2)CC1. The second-order valence-corrected chi connectivity index (χ2v) is 4.89. The van der Waals surface area contributed by atoms with Gasteiger partial charge >= 0.3 is 6.36 Å². The second-order valence-electron chi connectivity index (χ2n) is 4.89. The zero-order chi connectivity index (χ0) is 12.7. The van der Waals surface area contributed by atoms with E-state index in [0.29, 0.717) is 5.92 Å². The van der Waals surface area contributed by atoms with Gasteiger partial charge in [-0.25, -0.2) is 0 Å². The number of hydrogen-bond donors (Lipinski definition) is 0. The highest BCUT2D eigenvalue weighted by Gasteiger charge is 2.47. The fourth-order valence-corrected chi connectivity index (χ4v) is 2.34. The smallest absolute Gasteiger partial charge is 0.406 e. The third-order valence-corrected chi connectivity index (χ3v) is 3.54. The molecule has 0 bridgehead atoms. The van der Waals surface area contributed by atoms with E-state index in [1.807, 2.05) is 6.07 Å². The molecule has 17 heavy (non-hydrogen) atoms. The fourth-order valence-electron chi connectivity index (χ4n) is 2.34. The molecule has 0 N–H and O–H groups in total. The summed E-state index contributed by atoms with van der Waals surface area (Å²) in [5.41, 5.74) is 1.01. The van der Waals surface area contributed by atoms with Gasteiger partial charge in [-0.05, 0) is 41.9 Å². The summed E-state index contributed by atoms with van der Waals surface area (Å²) in [5.74, 6) is 0.311. The van der Waals surface area contributed by atoms with E-state index in [-0.39, 0.29) is 11.2 Å². The highest BCUT2D eigenvalue weighted by molar-refractivity contribution is 5.38. The fraction of sp³-hybridized carbons (Fsp3) is 0.538. The standard InChI is InChI=1S/C13H15F3O/c1-9(2)12(6-7-12)10-4-3-5-11(8-10)17-13(14,15)16/h3-5,8-9H,6-7H2,1-2H3. The molecular formula is C13H15F3O. The van der Waals surface area contributed by atoms with Crippen molar-refractivity contribution in [1.29, 1.82) is 0 Å². The van der Waals surface area contributed by atoms with Crippen molar-refractivity contribution in [2.24, 2.45) is 5.92 Å². The van der Waals surface area contributed by atoms with Crippen LogP contribution in [0.25, 0.3) is 0 Å². The molecule has 0 aliphatic heterocycles. The van der Waals surface area contributed by atoms with Crippen molar-refractivity contribution < 1.29 is 17.9 Å². The van der Waals surface area contributed by atoms with Gasteiger partial charge in [0.15, 0.2) is 0 Å². The van der Waals surface area contributed by atoms with Gasteiger partial charge in [-0.15, -0.1) is 13.2 Å². The van der Waals surface area contributed by atoms with Crippen LogP contribution < -0.4 is 4.74 Å². The van der Waals surface area contributed by atoms with Crippen LogP contribution in [0.3, 0.4) is 0 Å². The van der Waals surface area contributed by atoms with Crippen LogP contribution in [0.1, 0.15) is 32.3 Å². The minimum atomic E-state index is -4.62. The Bertz CT molecular complexity index is 405. The quantitative estimate of drug-likeness (QED) is 0.771. The van der Waals surface area contributed by atoms with Gasteiger partial charge in [-0.2, -0.15) is 0 Å². The Morgan fingerprint density at radius 1 is 1.24 bits per heavy atom. The van der Waals surface area contributed by atoms with Crippen molar-refractivity contribution in [3.63, 3.8) is 0 Å². The van der Waals surface area contributed by atoms with Gasteiger partial charge < -0.3 is 4.74 Å². The molecule has 0 amide bonds. The van der Waals surface area contributed by atoms with Crippen LogP contribution in [-0.4, -0.2) is 6.36 Å². The molecule has 1 saturated carbocycles. The zero-order valence-electron chi connectivity index (χ0n) is 9.84. The van der Waals surface area contributed by atoms with Gasteiger partial charge in [0.1, 0.15) is 5.75 Å². The highest BCUT2D eigenvalue weighted by atomic mass is 19.4. The van der Waals surface area contributed by atoms with E-state index in [2.05, 4.69) is 18.6 Å². The molecule has 1 aromatic rings. The van der Waals surface area contributed by atoms with E-state index in [0.717, 1.165) is 18.4 Å². The van der Waals surface area contributed by atoms with Gasteiger partial charge in [-0.1, -0.05) is 26.0 Å². The molecule has 0 spiro atoms. The molecule has 1 nitrogen and oxygen atoms in total. The molecule has 1 aliphatic carbocycles. The maximum Gasteiger partial charge on any atom is 0.573 e. The van der Waals surface area contributed by atoms with Crippen LogP contribution in [0.15, 0.2) is 24.3 Å². The summed E-state index contributed by atoms with van der Waals surface area (Å²) in [6.07, 6.45) is -2.53. The summed E-state index contributed by atoms with van der Waals surface area (Å²) < 4.78 is 40.3. The Balaban J connectivity index is 2.24. The molecule has 0 aromatic heterocycles. The average Bonchev–Trinajstić information content (AvgIpc) is 2.95. The van der Waals surface area contributed by atoms with E-state index >= 15 is 0 Å². The first kappa shape index (κ1) is 12.3. The lowest BCUT2D eigenvalue weighted by molar-refractivity contribution is -0.274. The van der Waals surface area contributed by atoms with Gasteiger partial charge in [0, 0.05) is 0 Å². The zero-order valence-corrected chi connectivity index (χ0v) is 9.84. The molecular weight excluding hydrogens is 229 g/mol. The third-order valence-electron chi connectivity index (χ3n) is 3.54. The first-order valence-corrected chi connectivity index (χ1v) is 5.70. The van der Waals surface area contributed by atoms with E-state index in [9.17, 15) is 13.2 Å². The molecule has 1 aromatic carbocycles. The van der Waals surface area contributed by atoms with E-state index in [1.54, 1.807) is 6.07 Å². The van der Waals surface area contributed by atoms with E-state index in [1.165, 1.54) is 12.1 Å². The first-order chi connectivity index (χ1) is 7.83. The van der Waals surface area contributed by atoms with Crippen LogP contribution in [0, 0.1) is 5.92 Å². The summed E-state index contributed by atoms with van der Waals surface area (Å²) in [4.78, 5) is 0. The normalized spacial score (nSPS) is 18.2. The Morgan fingerprint density at radius 3 is 2.35 bits per heavy atom. The number of hydrogen-bond acceptors (Lipinski definition) is 1. The van der Waals surface area contributed by atoms with Crippen molar-refractivity contribution in [1.82, 2.24) is 0 Å². The largest absolute Gasteiger partial charge is 0.573 e. The highest BCUT2D eigenvalue weighted by Crippen LogP contribution is 2.54. The number of rotatable bonds is 3. The van der Waals surface area contributed by atoms with Crippen molar-refractivity contribution >= 4 is 0 Å². The molecule has 94 valence electrons. The van der Waals surface area contributed by atoms with Gasteiger partial charge in [0.05, 0.1) is 0 Å². The molecule has 1 fully saturated rings. The monoisotopic (exact) mass is 244 g/mol. The number of alkyl halides is 3. The van der Waals surface area contributed by atoms with Crippen LogP contribution >= 0.6 is 0 Å². The lowest BCUT2D eigenvalue weighted by atomic mass is 9.85.